The summed E-state index contributed by atoms with van der Waals surface area (Å²) in [5, 5.41) is 14.7. The van der Waals surface area contributed by atoms with E-state index < -0.39 is 61.9 Å². The van der Waals surface area contributed by atoms with E-state index in [9.17, 15) is 28.4 Å². The molecule has 5 rings (SSSR count). The summed E-state index contributed by atoms with van der Waals surface area (Å²) in [6, 6.07) is 11.3. The highest BCUT2D eigenvalue weighted by Gasteiger charge is 2.40. The van der Waals surface area contributed by atoms with E-state index in [1.165, 1.54) is 6.92 Å². The predicted molar refractivity (Wildman–Crippen MR) is 146 cm³/mol. The van der Waals surface area contributed by atoms with Crippen LogP contribution in [0, 0.1) is 5.82 Å². The largest absolute Gasteiger partial charge is 0.461 e. The lowest BCUT2D eigenvalue weighted by molar-refractivity contribution is -0.154. The van der Waals surface area contributed by atoms with Gasteiger partial charge in [0.05, 0.1) is 32.1 Å². The lowest BCUT2D eigenvalue weighted by Crippen LogP contribution is -2.39. The van der Waals surface area contributed by atoms with Crippen LogP contribution in [-0.4, -0.2) is 64.8 Å². The van der Waals surface area contributed by atoms with Gasteiger partial charge in [0.25, 0.3) is 5.56 Å². The van der Waals surface area contributed by atoms with Crippen molar-refractivity contribution in [1.82, 2.24) is 14.6 Å². The average molecular weight is 608 g/mol. The Hall–Kier alpha value is -3.39. The molecular weight excluding hydrogens is 576 g/mol. The van der Waals surface area contributed by atoms with Crippen LogP contribution in [0.3, 0.4) is 0 Å². The highest BCUT2D eigenvalue weighted by atomic mass is 31.2. The van der Waals surface area contributed by atoms with Gasteiger partial charge in [0, 0.05) is 24.6 Å². The molecule has 3 heterocycles. The Morgan fingerprint density at radius 2 is 1.95 bits per heavy atom. The number of ether oxygens (including phenoxy) is 3. The lowest BCUT2D eigenvalue weighted by Gasteiger charge is -2.27. The summed E-state index contributed by atoms with van der Waals surface area (Å²) in [6.07, 6.45) is -2.17. The maximum atomic E-state index is 14.1. The number of hydrogen-bond donors (Lipinski definition) is 3. The number of esters is 1. The first-order chi connectivity index (χ1) is 20.1. The Bertz CT molecular complexity index is 1580. The summed E-state index contributed by atoms with van der Waals surface area (Å²) in [6.45, 7) is 1.90. The van der Waals surface area contributed by atoms with Gasteiger partial charge in [-0.2, -0.15) is 9.48 Å². The highest BCUT2D eigenvalue weighted by Crippen LogP contribution is 2.47. The summed E-state index contributed by atoms with van der Waals surface area (Å²) in [4.78, 5) is 38.2. The van der Waals surface area contributed by atoms with Crippen LogP contribution in [0.2, 0.25) is 0 Å². The number of fused-ring (bicyclic) bond motifs is 1. The molecule has 5 atom stereocenters. The van der Waals surface area contributed by atoms with E-state index >= 15 is 0 Å². The van der Waals surface area contributed by atoms with E-state index in [4.69, 9.17) is 23.3 Å². The molecule has 0 saturated carbocycles. The Morgan fingerprint density at radius 1 is 1.21 bits per heavy atom. The number of hydrogen-bond acceptors (Lipinski definition) is 10. The Morgan fingerprint density at radius 3 is 2.74 bits per heavy atom. The van der Waals surface area contributed by atoms with Crippen molar-refractivity contribution in [2.24, 2.45) is 0 Å². The lowest BCUT2D eigenvalue weighted by atomic mass is 10.1. The van der Waals surface area contributed by atoms with E-state index in [0.717, 1.165) is 9.95 Å². The van der Waals surface area contributed by atoms with E-state index in [1.807, 2.05) is 23.2 Å². The van der Waals surface area contributed by atoms with Gasteiger partial charge in [0.1, 0.15) is 30.2 Å². The van der Waals surface area contributed by atoms with Crippen LogP contribution in [0.25, 0.3) is 10.8 Å². The van der Waals surface area contributed by atoms with Gasteiger partial charge in [-0.1, -0.05) is 36.4 Å². The molecule has 1 aromatic heterocycles. The molecular formula is C27H31FN3O10P. The standard InChI is InChI=1S/C27H31FN3O10P/c1-16(26(34)39-18-9-11-37-12-10-18)30-42(36,41-22-8-4-6-17-5-2-3-7-19(17)22)38-15-23-21(32)13-24(40-23)31-14-20(28)25(33)29-27(31)35/h2-8,14,16,18,21,23-24,32H,9-13,15H2,1H3,(H,30,36)(H,29,33,35)/t16-,21+,23?,24+,42?/m0/s1. The number of nitrogens with zero attached hydrogens (tertiary/aromatic N) is 1. The second kappa shape index (κ2) is 12.9. The summed E-state index contributed by atoms with van der Waals surface area (Å²) in [5.41, 5.74) is -2.11. The van der Waals surface area contributed by atoms with Gasteiger partial charge < -0.3 is 23.8 Å². The van der Waals surface area contributed by atoms with Gasteiger partial charge in [-0.25, -0.2) is 9.36 Å². The first-order valence-corrected chi connectivity index (χ1v) is 15.0. The molecule has 3 N–H and O–H groups in total. The van der Waals surface area contributed by atoms with Gasteiger partial charge in [-0.3, -0.25) is 23.7 Å². The molecule has 2 aromatic carbocycles. The number of benzene rings is 2. The number of nitrogens with one attached hydrogen (secondary N) is 2. The molecule has 2 aliphatic heterocycles. The number of aromatic amines is 1. The van der Waals surface area contributed by atoms with Gasteiger partial charge in [0.15, 0.2) is 0 Å². The molecule has 13 nitrogen and oxygen atoms in total. The predicted octanol–water partition coefficient (Wildman–Crippen LogP) is 2.38. The third-order valence-corrected chi connectivity index (χ3v) is 8.60. The fourth-order valence-electron chi connectivity index (χ4n) is 4.73. The monoisotopic (exact) mass is 607 g/mol. The van der Waals surface area contributed by atoms with Crippen molar-refractivity contribution < 1.29 is 42.1 Å². The number of aliphatic hydroxyl groups is 1. The minimum atomic E-state index is -4.35. The SMILES string of the molecule is C[C@H](NP(=O)(OCC1O[C@@H](n2cc(F)c(=O)[nH]c2=O)C[C@H]1O)Oc1cccc2ccccc12)C(=O)OC1CCOCC1. The van der Waals surface area contributed by atoms with Gasteiger partial charge in [-0.05, 0) is 18.4 Å². The van der Waals surface area contributed by atoms with Crippen LogP contribution in [0.15, 0.2) is 58.3 Å². The number of rotatable bonds is 10. The van der Waals surface area contributed by atoms with Crippen molar-refractivity contribution in [1.29, 1.82) is 0 Å². The Kier molecular flexibility index (Phi) is 9.21. The van der Waals surface area contributed by atoms with Crippen LogP contribution >= 0.6 is 7.75 Å². The highest BCUT2D eigenvalue weighted by molar-refractivity contribution is 7.52. The third-order valence-electron chi connectivity index (χ3n) is 6.97. The zero-order valence-electron chi connectivity index (χ0n) is 22.6. The molecule has 0 amide bonds. The van der Waals surface area contributed by atoms with Gasteiger partial charge in [-0.15, -0.1) is 0 Å². The van der Waals surface area contributed by atoms with Crippen molar-refractivity contribution in [2.75, 3.05) is 19.8 Å². The minimum Gasteiger partial charge on any atom is -0.461 e. The fourth-order valence-corrected chi connectivity index (χ4v) is 6.25. The maximum Gasteiger partial charge on any atom is 0.459 e. The topological polar surface area (TPSA) is 167 Å². The maximum absolute atomic E-state index is 14.1. The summed E-state index contributed by atoms with van der Waals surface area (Å²) < 4.78 is 56.8. The van der Waals surface area contributed by atoms with Crippen molar-refractivity contribution in [2.45, 2.75) is 56.8 Å². The number of aliphatic hydroxyl groups excluding tert-OH is 1. The van der Waals surface area contributed by atoms with Gasteiger partial charge in [0.2, 0.25) is 5.82 Å². The van der Waals surface area contributed by atoms with E-state index in [-0.39, 0.29) is 18.3 Å². The molecule has 2 aliphatic rings. The zero-order valence-corrected chi connectivity index (χ0v) is 23.5. The van der Waals surface area contributed by atoms with E-state index in [0.29, 0.717) is 37.6 Å². The van der Waals surface area contributed by atoms with E-state index in [2.05, 4.69) is 5.09 Å². The first-order valence-electron chi connectivity index (χ1n) is 13.4. The van der Waals surface area contributed by atoms with Crippen LogP contribution in [0.4, 0.5) is 4.39 Å². The molecule has 2 fully saturated rings. The molecule has 0 radical (unpaired) electrons. The number of aromatic nitrogens is 2. The van der Waals surface area contributed by atoms with Crippen LogP contribution in [-0.2, 0) is 28.1 Å². The summed E-state index contributed by atoms with van der Waals surface area (Å²) in [7, 11) is -4.35. The number of H-pyrrole nitrogens is 1. The molecule has 0 bridgehead atoms. The fraction of sp³-hybridized carbons (Fsp3) is 0.444. The molecule has 0 spiro atoms. The van der Waals surface area contributed by atoms with Crippen LogP contribution in [0.5, 0.6) is 5.75 Å². The Labute approximate surface area is 239 Å². The molecule has 226 valence electrons. The quantitative estimate of drug-likeness (QED) is 0.229. The minimum absolute atomic E-state index is 0.144. The first kappa shape index (κ1) is 30.1. The third kappa shape index (κ3) is 6.97. The van der Waals surface area contributed by atoms with Crippen molar-refractivity contribution in [3.63, 3.8) is 0 Å². The number of carbonyl (C=O) groups excluding carboxylic acids is 1. The average Bonchev–Trinajstić information content (AvgIpc) is 3.34. The van der Waals surface area contributed by atoms with Crippen molar-refractivity contribution in [3.05, 3.63) is 75.3 Å². The molecule has 2 unspecified atom stereocenters. The number of carbonyl (C=O) groups is 1. The molecule has 3 aromatic rings. The van der Waals surface area contributed by atoms with Crippen LogP contribution in [0.1, 0.15) is 32.4 Å². The summed E-state index contributed by atoms with van der Waals surface area (Å²) in [5.74, 6) is -1.65. The van der Waals surface area contributed by atoms with Crippen molar-refractivity contribution in [3.8, 4) is 5.75 Å². The van der Waals surface area contributed by atoms with Crippen LogP contribution < -0.4 is 20.9 Å². The molecule has 2 saturated heterocycles. The van der Waals surface area contributed by atoms with Crippen molar-refractivity contribution >= 4 is 24.5 Å². The zero-order chi connectivity index (χ0) is 29.9. The normalized spacial score (nSPS) is 23.4. The van der Waals surface area contributed by atoms with E-state index in [1.54, 1.807) is 24.3 Å². The second-order valence-electron chi connectivity index (χ2n) is 10.0. The van der Waals surface area contributed by atoms with Gasteiger partial charge >= 0.3 is 19.4 Å². The Balaban J connectivity index is 1.33. The smallest absolute Gasteiger partial charge is 0.459 e. The molecule has 42 heavy (non-hydrogen) atoms. The second-order valence-corrected chi connectivity index (χ2v) is 11.7. The molecule has 15 heteroatoms. The molecule has 0 aliphatic carbocycles. The summed E-state index contributed by atoms with van der Waals surface area (Å²) >= 11 is 0. The number of halogens is 1.